The second-order valence-electron chi connectivity index (χ2n) is 23.7. The molecule has 0 aliphatic carbocycles. The van der Waals surface area contributed by atoms with Gasteiger partial charge in [0.15, 0.2) is 12.4 Å². The number of esters is 2. The van der Waals surface area contributed by atoms with Crippen molar-refractivity contribution in [2.45, 2.75) is 270 Å². The number of carboxylic acid groups (broad SMARTS) is 1. The quantitative estimate of drug-likeness (QED) is 0.0195. The molecule has 0 amide bonds. The molecule has 0 rings (SSSR count). The number of allylic oxidation sites excluding steroid dienone is 26. The molecule has 492 valence electrons. The van der Waals surface area contributed by atoms with Crippen LogP contribution in [0.25, 0.3) is 0 Å². The number of quaternary nitrogens is 1. The minimum absolute atomic E-state index is 0.137. The molecule has 0 radical (unpaired) electrons. The number of rotatable bonds is 62. The van der Waals surface area contributed by atoms with Gasteiger partial charge in [-0.25, -0.2) is 0 Å². The maximum absolute atomic E-state index is 12.9. The fourth-order valence-corrected chi connectivity index (χ4v) is 8.98. The second kappa shape index (κ2) is 66.9. The second-order valence-corrected chi connectivity index (χ2v) is 23.7. The van der Waals surface area contributed by atoms with Crippen molar-refractivity contribution < 1.29 is 42.9 Å². The molecule has 0 heterocycles. The third-order valence-corrected chi connectivity index (χ3v) is 14.3. The van der Waals surface area contributed by atoms with Gasteiger partial charge in [0.25, 0.3) is 0 Å². The topological polar surface area (TPSA) is 111 Å². The average Bonchev–Trinajstić information content (AvgIpc) is 3.59. The SMILES string of the molecule is CC/C=C\C/C=C\C/C=C\C/C=C\C/C=C\C/C=C\C/C=C\C/C=C\C/C=C\C/C=C\C/C=C\CCCCCCCCCC(=O)OC(COC(=O)CCCCCCCCCCC/C=C\C/C=C\CCCCCCC)COC(OCC[N+](C)(C)C)C(=O)[O-]. The van der Waals surface area contributed by atoms with Crippen LogP contribution in [0.3, 0.4) is 0 Å². The number of carbonyl (C=O) groups is 3. The number of likely N-dealkylation sites (N-methyl/N-ethyl adjacent to an activating group) is 1. The smallest absolute Gasteiger partial charge is 0.306 e. The largest absolute Gasteiger partial charge is 0.545 e. The van der Waals surface area contributed by atoms with Crippen LogP contribution in [0.5, 0.6) is 0 Å². The lowest BCUT2D eigenvalue weighted by Crippen LogP contribution is -2.44. The van der Waals surface area contributed by atoms with Crippen LogP contribution in [0.2, 0.25) is 0 Å². The predicted octanol–water partition coefficient (Wildman–Crippen LogP) is 20.4. The highest BCUT2D eigenvalue weighted by Gasteiger charge is 2.22. The van der Waals surface area contributed by atoms with Gasteiger partial charge in [-0.15, -0.1) is 0 Å². The maximum atomic E-state index is 12.9. The van der Waals surface area contributed by atoms with Crippen molar-refractivity contribution >= 4 is 17.9 Å². The van der Waals surface area contributed by atoms with E-state index in [-0.39, 0.29) is 38.6 Å². The summed E-state index contributed by atoms with van der Waals surface area (Å²) in [4.78, 5) is 37.4. The Morgan fingerprint density at radius 2 is 0.655 bits per heavy atom. The number of aliphatic carboxylic acids is 1. The highest BCUT2D eigenvalue weighted by molar-refractivity contribution is 5.70. The molecule has 0 aromatic rings. The summed E-state index contributed by atoms with van der Waals surface area (Å²) in [5.41, 5.74) is 0. The Morgan fingerprint density at radius 1 is 0.356 bits per heavy atom. The molecule has 0 bridgehead atoms. The number of carbonyl (C=O) groups excluding carboxylic acids is 3. The summed E-state index contributed by atoms with van der Waals surface area (Å²) in [6.45, 7) is 4.60. The summed E-state index contributed by atoms with van der Waals surface area (Å²) in [5, 5.41) is 11.8. The van der Waals surface area contributed by atoms with Crippen molar-refractivity contribution in [1.82, 2.24) is 0 Å². The van der Waals surface area contributed by atoms with E-state index in [1.807, 2.05) is 21.1 Å². The third kappa shape index (κ3) is 68.3. The summed E-state index contributed by atoms with van der Waals surface area (Å²) in [7, 11) is 5.91. The van der Waals surface area contributed by atoms with Crippen molar-refractivity contribution in [3.8, 4) is 0 Å². The zero-order valence-corrected chi connectivity index (χ0v) is 56.1. The Balaban J connectivity index is 4.20. The molecule has 0 aromatic carbocycles. The minimum Gasteiger partial charge on any atom is -0.545 e. The molecule has 2 unspecified atom stereocenters. The molecule has 2 atom stereocenters. The first kappa shape index (κ1) is 81.9. The van der Waals surface area contributed by atoms with E-state index >= 15 is 0 Å². The lowest BCUT2D eigenvalue weighted by Gasteiger charge is -2.26. The molecule has 0 fully saturated rings. The minimum atomic E-state index is -1.64. The summed E-state index contributed by atoms with van der Waals surface area (Å²) in [6, 6.07) is 0. The molecule has 9 nitrogen and oxygen atoms in total. The fourth-order valence-electron chi connectivity index (χ4n) is 8.98. The number of ether oxygens (including phenoxy) is 4. The molecular formula is C78H127NO8. The monoisotopic (exact) mass is 1210 g/mol. The Bertz CT molecular complexity index is 1990. The molecule has 0 spiro atoms. The van der Waals surface area contributed by atoms with Crippen LogP contribution in [0.4, 0.5) is 0 Å². The van der Waals surface area contributed by atoms with Crippen molar-refractivity contribution in [3.63, 3.8) is 0 Å². The first-order valence-electron chi connectivity index (χ1n) is 34.6. The molecule has 0 aromatic heterocycles. The Morgan fingerprint density at radius 3 is 0.977 bits per heavy atom. The van der Waals surface area contributed by atoms with E-state index in [2.05, 4.69) is 172 Å². The molecule has 87 heavy (non-hydrogen) atoms. The summed E-state index contributed by atoms with van der Waals surface area (Å²) in [6.07, 6.45) is 96.0. The molecule has 9 heteroatoms. The lowest BCUT2D eigenvalue weighted by atomic mass is 10.1. The van der Waals surface area contributed by atoms with E-state index in [9.17, 15) is 19.5 Å². The number of hydrogen-bond acceptors (Lipinski definition) is 8. The van der Waals surface area contributed by atoms with Gasteiger partial charge in [0.1, 0.15) is 13.2 Å². The Hall–Kier alpha value is -5.09. The van der Waals surface area contributed by atoms with Gasteiger partial charge < -0.3 is 33.3 Å². The fraction of sp³-hybridized carbons (Fsp3) is 0.628. The number of hydrogen-bond donors (Lipinski definition) is 0. The first-order valence-corrected chi connectivity index (χ1v) is 34.6. The van der Waals surface area contributed by atoms with Gasteiger partial charge in [-0.3, -0.25) is 9.59 Å². The van der Waals surface area contributed by atoms with Crippen LogP contribution in [0, 0.1) is 0 Å². The maximum Gasteiger partial charge on any atom is 0.306 e. The molecule has 0 saturated heterocycles. The van der Waals surface area contributed by atoms with Crippen LogP contribution in [0.15, 0.2) is 158 Å². The van der Waals surface area contributed by atoms with E-state index in [0.717, 1.165) is 135 Å². The van der Waals surface area contributed by atoms with Crippen LogP contribution < -0.4 is 5.11 Å². The molecule has 0 N–H and O–H groups in total. The molecule has 0 aliphatic rings. The summed E-state index contributed by atoms with van der Waals surface area (Å²) >= 11 is 0. The Labute approximate surface area is 534 Å². The number of nitrogens with zero attached hydrogens (tertiary/aromatic N) is 1. The summed E-state index contributed by atoms with van der Waals surface area (Å²) in [5.74, 6) is -2.31. The molecule has 0 aliphatic heterocycles. The standard InChI is InChI=1S/C78H127NO8/c1-6-8-10-12-14-16-18-20-22-24-26-28-29-30-31-32-33-34-35-36-37-38-39-40-41-42-43-44-45-46-47-49-51-53-55-57-59-61-63-65-67-69-76(81)87-74(73-86-78(77(82)83)84-71-70-79(3,4)5)72-85-75(80)68-66-64-62-60-58-56-54-52-50-48-27-25-23-21-19-17-15-13-11-9-7-2/h8,10,14,16,19-22,25-28,30-31,33-34,36-37,39-40,42-43,45-46,49,51,74,78H,6-7,9,11-13,15,17-18,23-24,29,32,35,38,41,44,47-48,50,52-73H2,1-5H3/b10-8-,16-14-,21-19-,22-20-,27-25-,28-26-,31-30-,34-33-,37-36-,40-39-,43-42-,46-45-,51-49-. The zero-order valence-electron chi connectivity index (χ0n) is 56.1. The van der Waals surface area contributed by atoms with E-state index in [0.29, 0.717) is 17.4 Å². The number of carboxylic acids is 1. The number of unbranched alkanes of at least 4 members (excludes halogenated alkanes) is 21. The summed E-state index contributed by atoms with van der Waals surface area (Å²) < 4.78 is 22.7. The van der Waals surface area contributed by atoms with E-state index in [1.165, 1.54) is 89.9 Å². The van der Waals surface area contributed by atoms with Gasteiger partial charge in [0.05, 0.1) is 40.3 Å². The molecular weight excluding hydrogens is 1080 g/mol. The van der Waals surface area contributed by atoms with Gasteiger partial charge in [-0.2, -0.15) is 0 Å². The van der Waals surface area contributed by atoms with E-state index < -0.39 is 24.3 Å². The van der Waals surface area contributed by atoms with Crippen molar-refractivity contribution in [1.29, 1.82) is 0 Å². The molecule has 0 saturated carbocycles. The van der Waals surface area contributed by atoms with Gasteiger partial charge in [-0.1, -0.05) is 275 Å². The van der Waals surface area contributed by atoms with Crippen LogP contribution in [0.1, 0.15) is 258 Å². The van der Waals surface area contributed by atoms with Gasteiger partial charge in [0, 0.05) is 12.8 Å². The lowest BCUT2D eigenvalue weighted by molar-refractivity contribution is -0.870. The highest BCUT2D eigenvalue weighted by Crippen LogP contribution is 2.15. The van der Waals surface area contributed by atoms with Gasteiger partial charge in [-0.05, 0) is 128 Å². The average molecular weight is 1210 g/mol. The van der Waals surface area contributed by atoms with Gasteiger partial charge >= 0.3 is 11.9 Å². The zero-order chi connectivity index (χ0) is 63.3. The van der Waals surface area contributed by atoms with Crippen LogP contribution >= 0.6 is 0 Å². The predicted molar refractivity (Wildman–Crippen MR) is 370 cm³/mol. The third-order valence-electron chi connectivity index (χ3n) is 14.3. The normalized spacial score (nSPS) is 13.7. The van der Waals surface area contributed by atoms with E-state index in [1.54, 1.807) is 0 Å². The van der Waals surface area contributed by atoms with E-state index in [4.69, 9.17) is 18.9 Å². The Kier molecular flexibility index (Phi) is 62.9. The van der Waals surface area contributed by atoms with Crippen molar-refractivity contribution in [2.24, 2.45) is 0 Å². The van der Waals surface area contributed by atoms with Crippen molar-refractivity contribution in [3.05, 3.63) is 158 Å². The van der Waals surface area contributed by atoms with Crippen molar-refractivity contribution in [2.75, 3.05) is 47.5 Å². The van der Waals surface area contributed by atoms with Crippen LogP contribution in [-0.2, 0) is 33.3 Å². The van der Waals surface area contributed by atoms with Crippen LogP contribution in [-0.4, -0.2) is 82.3 Å². The van der Waals surface area contributed by atoms with Gasteiger partial charge in [0.2, 0.25) is 0 Å². The highest BCUT2D eigenvalue weighted by atomic mass is 16.7. The first-order chi connectivity index (χ1) is 42.6.